The molecular formula is C12H13K3Mg3O16. The zero-order chi connectivity index (χ0) is 23.0. The standard InChI is InChI=1S/2C6H8O8.3K.3Mg.3H/c2*7-2(8)1-6(14,5(12)13)3(9)4(10)11;;;;;;;;;/h2*3,9,14H,1H2,(H,7,8)(H,10,11)(H,12,13);;;;;;;;;/q;;;;;3*+2;;;/p-6. The molecule has 0 aliphatic carbocycles. The molecule has 34 heavy (non-hydrogen) atoms. The van der Waals surface area contributed by atoms with Gasteiger partial charge in [0.25, 0.3) is 0 Å². The van der Waals surface area contributed by atoms with Gasteiger partial charge in [-0.1, -0.05) is 0 Å². The van der Waals surface area contributed by atoms with Gasteiger partial charge in [-0.2, -0.15) is 0 Å². The molecule has 0 saturated carbocycles. The molecule has 4 atom stereocenters. The van der Waals surface area contributed by atoms with Gasteiger partial charge in [-0.25, -0.2) is 0 Å². The third-order valence-corrected chi connectivity index (χ3v) is 2.89. The van der Waals surface area contributed by atoms with Crippen molar-refractivity contribution >= 4 is 259 Å². The summed E-state index contributed by atoms with van der Waals surface area (Å²) in [5.41, 5.74) is -6.92. The van der Waals surface area contributed by atoms with E-state index in [0.717, 1.165) is 0 Å². The van der Waals surface area contributed by atoms with Crippen LogP contribution in [0.4, 0.5) is 0 Å². The van der Waals surface area contributed by atoms with E-state index in [0.29, 0.717) is 0 Å². The molecule has 0 saturated heterocycles. The summed E-state index contributed by atoms with van der Waals surface area (Å²) < 4.78 is 0. The fraction of sp³-hybridized carbons (Fsp3) is 0.500. The van der Waals surface area contributed by atoms with Gasteiger partial charge in [0.2, 0.25) is 0 Å². The second kappa shape index (κ2) is 27.1. The molecule has 0 rings (SSSR count). The molecule has 0 heterocycles. The summed E-state index contributed by atoms with van der Waals surface area (Å²) in [5.74, 6) is -13.7. The van der Waals surface area contributed by atoms with E-state index in [-0.39, 0.29) is 223 Å². The fourth-order valence-corrected chi connectivity index (χ4v) is 1.39. The first-order chi connectivity index (χ1) is 12.4. The van der Waals surface area contributed by atoms with Crippen molar-refractivity contribution in [3.8, 4) is 0 Å². The van der Waals surface area contributed by atoms with Crippen LogP contribution in [0.25, 0.3) is 0 Å². The Hall–Kier alpha value is 3.87. The van der Waals surface area contributed by atoms with E-state index in [2.05, 4.69) is 0 Å². The van der Waals surface area contributed by atoms with Crippen molar-refractivity contribution in [3.63, 3.8) is 0 Å². The molecular weight excluding hydrogens is 590 g/mol. The van der Waals surface area contributed by atoms with Gasteiger partial charge < -0.3 is 79.8 Å². The Morgan fingerprint density at radius 2 is 0.735 bits per heavy atom. The van der Waals surface area contributed by atoms with Crippen molar-refractivity contribution in [2.24, 2.45) is 0 Å². The molecule has 0 amide bonds. The van der Waals surface area contributed by atoms with Gasteiger partial charge in [0.1, 0.15) is 23.4 Å². The number of carboxylic acids is 6. The third-order valence-electron chi connectivity index (χ3n) is 2.89. The molecule has 0 aromatic heterocycles. The molecule has 0 aromatic carbocycles. The average molecular weight is 603 g/mol. The maximum absolute atomic E-state index is 10.2. The van der Waals surface area contributed by atoms with E-state index in [9.17, 15) is 59.4 Å². The van der Waals surface area contributed by atoms with Gasteiger partial charge in [0, 0.05) is 24.8 Å². The number of aliphatic hydroxyl groups is 4. The maximum Gasteiger partial charge on any atom is 2.00 e. The Morgan fingerprint density at radius 3 is 0.824 bits per heavy atom. The first-order valence-electron chi connectivity index (χ1n) is 6.48. The fourth-order valence-electron chi connectivity index (χ4n) is 1.39. The average Bonchev–Trinajstić information content (AvgIpc) is 2.51. The van der Waals surface area contributed by atoms with E-state index in [4.69, 9.17) is 20.4 Å². The zero-order valence-electron chi connectivity index (χ0n) is 15.4. The summed E-state index contributed by atoms with van der Waals surface area (Å²) in [7, 11) is 0. The Kier molecular flexibility index (Phi) is 45.9. The number of rotatable bonds is 10. The minimum absolute atomic E-state index is 0. The Morgan fingerprint density at radius 1 is 0.559 bits per heavy atom. The molecule has 0 fully saturated rings. The van der Waals surface area contributed by atoms with Gasteiger partial charge in [-0.05, 0) is 0 Å². The third kappa shape index (κ3) is 20.7. The number of carboxylic acid groups (broad SMARTS) is 6. The van der Waals surface area contributed by atoms with Gasteiger partial charge in [0.05, 0.1) is 23.9 Å². The topological polar surface area (TPSA) is 322 Å². The van der Waals surface area contributed by atoms with Crippen molar-refractivity contribution < 1.29 is 79.8 Å². The van der Waals surface area contributed by atoms with Crippen LogP contribution in [-0.2, 0) is 28.8 Å². The van der Waals surface area contributed by atoms with E-state index in [1.807, 2.05) is 0 Å². The zero-order valence-corrected chi connectivity index (χ0v) is 19.6. The number of carbonyl (C=O) groups excluding carboxylic acids is 6. The first-order valence-corrected chi connectivity index (χ1v) is 6.48. The summed E-state index contributed by atoms with van der Waals surface area (Å²) in [6.07, 6.45) is -9.06. The number of hydrogen-bond donors (Lipinski definition) is 4. The normalized spacial score (nSPS) is 13.8. The predicted octanol–water partition coefficient (Wildman–Crippen LogP) is -15.7. The second-order valence-corrected chi connectivity index (χ2v) is 4.96. The first kappa shape index (κ1) is 57.7. The maximum atomic E-state index is 10.2. The summed E-state index contributed by atoms with van der Waals surface area (Å²) in [6.45, 7) is 0. The van der Waals surface area contributed by atoms with E-state index >= 15 is 0 Å². The van der Waals surface area contributed by atoms with E-state index < -0.39 is 72.1 Å². The van der Waals surface area contributed by atoms with Crippen LogP contribution in [0.1, 0.15) is 12.8 Å². The molecule has 0 aliphatic rings. The second-order valence-electron chi connectivity index (χ2n) is 4.96. The van der Waals surface area contributed by atoms with Gasteiger partial charge in [0.15, 0.2) is 0 Å². The molecule has 22 heteroatoms. The van der Waals surface area contributed by atoms with Crippen LogP contribution in [0.15, 0.2) is 0 Å². The van der Waals surface area contributed by atoms with Crippen LogP contribution in [0.2, 0.25) is 0 Å². The number of aliphatic hydroxyl groups excluding tert-OH is 2. The van der Waals surface area contributed by atoms with Crippen LogP contribution < -0.4 is 30.6 Å². The van der Waals surface area contributed by atoms with Crippen LogP contribution in [0.5, 0.6) is 0 Å². The van der Waals surface area contributed by atoms with Crippen LogP contribution in [0, 0.1) is 0 Å². The summed E-state index contributed by atoms with van der Waals surface area (Å²) in [4.78, 5) is 60.3. The number of hydrogen-bond acceptors (Lipinski definition) is 16. The predicted molar refractivity (Wildman–Crippen MR) is 99.9 cm³/mol. The minimum atomic E-state index is -3.46. The molecule has 4 unspecified atom stereocenters. The molecule has 0 radical (unpaired) electrons. The van der Waals surface area contributed by atoms with Crippen molar-refractivity contribution in [1.82, 2.24) is 0 Å². The monoisotopic (exact) mass is 602 g/mol. The molecule has 0 aromatic rings. The number of carbonyl (C=O) groups is 6. The Balaban J connectivity index is -0.0000000563. The summed E-state index contributed by atoms with van der Waals surface area (Å²) in [6, 6.07) is 0. The van der Waals surface area contributed by atoms with Crippen molar-refractivity contribution in [2.45, 2.75) is 36.3 Å². The van der Waals surface area contributed by atoms with Crippen LogP contribution in [0.3, 0.4) is 0 Å². The van der Waals surface area contributed by atoms with Gasteiger partial charge in [-0.3, -0.25) is 0 Å². The smallest absolute Gasteiger partial charge is 2.00 e. The Bertz CT molecular complexity index is 627. The SMILES string of the molecule is O=C([O-])CC(O)(C(=O)[O-])C(O)C(=O)[O-].O=C([O-])CC(O)(C(=O)[O-])C(O)C(=O)[O-].[KH].[KH].[KH].[Mg+2].[Mg+2].[Mg+2]. The quantitative estimate of drug-likeness (QED) is 0.168. The van der Waals surface area contributed by atoms with E-state index in [1.165, 1.54) is 0 Å². The summed E-state index contributed by atoms with van der Waals surface area (Å²) in [5, 5.41) is 95.5. The largest absolute Gasteiger partial charge is 2.00 e. The van der Waals surface area contributed by atoms with Crippen LogP contribution in [-0.4, -0.2) is 303 Å². The minimum Gasteiger partial charge on any atom is 2.00 e. The molecule has 166 valence electrons. The molecule has 0 aliphatic heterocycles. The van der Waals surface area contributed by atoms with E-state index in [1.54, 1.807) is 0 Å². The number of aliphatic carboxylic acids is 6. The van der Waals surface area contributed by atoms with Gasteiger partial charge in [-0.15, -0.1) is 0 Å². The van der Waals surface area contributed by atoms with Crippen LogP contribution >= 0.6 is 0 Å². The van der Waals surface area contributed by atoms with Crippen molar-refractivity contribution in [1.29, 1.82) is 0 Å². The van der Waals surface area contributed by atoms with Crippen molar-refractivity contribution in [2.75, 3.05) is 0 Å². The van der Waals surface area contributed by atoms with Gasteiger partial charge >= 0.3 is 223 Å². The molecule has 0 spiro atoms. The Labute approximate surface area is 366 Å². The summed E-state index contributed by atoms with van der Waals surface area (Å²) >= 11 is 0. The van der Waals surface area contributed by atoms with Crippen molar-refractivity contribution in [3.05, 3.63) is 0 Å². The molecule has 4 N–H and O–H groups in total. The molecule has 0 bridgehead atoms. The molecule has 16 nitrogen and oxygen atoms in total.